The van der Waals surface area contributed by atoms with Crippen LogP contribution in [0.5, 0.6) is 5.75 Å². The van der Waals surface area contributed by atoms with Crippen LogP contribution in [0.25, 0.3) is 17.0 Å². The molecule has 7 rings (SSSR count). The van der Waals surface area contributed by atoms with Crippen molar-refractivity contribution >= 4 is 40.9 Å². The molecule has 4 heterocycles. The van der Waals surface area contributed by atoms with Crippen molar-refractivity contribution in [3.8, 4) is 5.75 Å². The molecule has 1 unspecified atom stereocenters. The summed E-state index contributed by atoms with van der Waals surface area (Å²) in [6.45, 7) is 11.9. The lowest BCUT2D eigenvalue weighted by Crippen LogP contribution is -2.54. The summed E-state index contributed by atoms with van der Waals surface area (Å²) in [6.07, 6.45) is 6.79. The Labute approximate surface area is 406 Å². The number of carbonyl (C=O) groups excluding carboxylic acids is 4. The number of hydrogen-bond acceptors (Lipinski definition) is 16. The fourth-order valence-corrected chi connectivity index (χ4v) is 7.93. The molecule has 71 heavy (non-hydrogen) atoms. The van der Waals surface area contributed by atoms with Crippen molar-refractivity contribution in [3.63, 3.8) is 0 Å². The zero-order chi connectivity index (χ0) is 52.8. The molecule has 0 saturated carbocycles. The van der Waals surface area contributed by atoms with Gasteiger partial charge in [0.05, 0.1) is 48.9 Å². The van der Waals surface area contributed by atoms with Crippen LogP contribution >= 0.6 is 0 Å². The Hall–Kier alpha value is -7.33. The van der Waals surface area contributed by atoms with Crippen LogP contribution in [0.2, 0.25) is 0 Å². The zero-order valence-corrected chi connectivity index (χ0v) is 39.4. The maximum Gasteiger partial charge on any atom is 0.321 e. The highest BCUT2D eigenvalue weighted by molar-refractivity contribution is 5.96. The predicted molar refractivity (Wildman–Crippen MR) is 248 cm³/mol. The van der Waals surface area contributed by atoms with Gasteiger partial charge in [-0.05, 0) is 124 Å². The molecule has 3 aromatic carbocycles. The summed E-state index contributed by atoms with van der Waals surface area (Å²) in [4.78, 5) is 71.4. The SMILES string of the molecule is C=C[C@H]1CN2CC[C@H]1C[C@@H]2[C@@H](O)c1ccnc2ccc(O)cc12.CCOC(=O)C(C(=O)OCC)[C@@H](C[N+](=O)[O-])c1cc(F)cc(F)c1.CCOC(=O)CC(=O)OCC.O=[N+]([O-])/C=C/c1cc(F)cc(F)c1. The topological polar surface area (TPSA) is 248 Å². The van der Waals surface area contributed by atoms with Crippen molar-refractivity contribution in [2.45, 2.75) is 65.0 Å². The largest absolute Gasteiger partial charge is 0.508 e. The van der Waals surface area contributed by atoms with E-state index < -0.39 is 81.5 Å². The van der Waals surface area contributed by atoms with Crippen LogP contribution in [0.3, 0.4) is 0 Å². The Morgan fingerprint density at radius 1 is 0.831 bits per heavy atom. The molecule has 3 aliphatic heterocycles. The normalized spacial score (nSPS) is 17.4. The van der Waals surface area contributed by atoms with E-state index in [0.29, 0.717) is 30.2 Å². The molecule has 3 saturated heterocycles. The number of aromatic hydroxyl groups is 1. The summed E-state index contributed by atoms with van der Waals surface area (Å²) in [5.74, 6) is -8.41. The second kappa shape index (κ2) is 29.0. The molecule has 0 spiro atoms. The number of rotatable bonds is 17. The van der Waals surface area contributed by atoms with E-state index in [1.54, 1.807) is 38.2 Å². The second-order valence-electron chi connectivity index (χ2n) is 15.7. The number of piperidine rings is 3. The van der Waals surface area contributed by atoms with Gasteiger partial charge in [-0.1, -0.05) is 6.08 Å². The van der Waals surface area contributed by atoms with Crippen LogP contribution in [0, 0.1) is 61.3 Å². The van der Waals surface area contributed by atoms with Gasteiger partial charge in [-0.25, -0.2) is 17.6 Å². The number of aliphatic hydroxyl groups is 1. The molecule has 4 aromatic rings. The van der Waals surface area contributed by atoms with Gasteiger partial charge in [0.25, 0.3) is 0 Å². The number of phenolic OH excluding ortho intramolecular Hbond substituents is 1. The summed E-state index contributed by atoms with van der Waals surface area (Å²) in [5, 5.41) is 42.5. The van der Waals surface area contributed by atoms with Gasteiger partial charge >= 0.3 is 23.9 Å². The number of benzene rings is 3. The average molecular weight is 1000 g/mol. The zero-order valence-electron chi connectivity index (χ0n) is 39.4. The Balaban J connectivity index is 0.000000263. The highest BCUT2D eigenvalue weighted by atomic mass is 19.1. The quantitative estimate of drug-likeness (QED) is 0.0196. The van der Waals surface area contributed by atoms with Gasteiger partial charge in [0, 0.05) is 47.3 Å². The Kier molecular flexibility index (Phi) is 23.7. The van der Waals surface area contributed by atoms with E-state index in [9.17, 15) is 67.2 Å². The molecule has 2 N–H and O–H groups in total. The summed E-state index contributed by atoms with van der Waals surface area (Å²) in [6, 6.07) is 12.1. The van der Waals surface area contributed by atoms with Gasteiger partial charge in [0.1, 0.15) is 35.4 Å². The number of phenols is 1. The minimum atomic E-state index is -1.70. The number of fused-ring (bicyclic) bond motifs is 4. The van der Waals surface area contributed by atoms with E-state index >= 15 is 0 Å². The van der Waals surface area contributed by atoms with Crippen LogP contribution in [0.4, 0.5) is 17.6 Å². The summed E-state index contributed by atoms with van der Waals surface area (Å²) in [7, 11) is 0. The Bertz CT molecular complexity index is 2440. The molecule has 3 aliphatic rings. The second-order valence-corrected chi connectivity index (χ2v) is 15.7. The van der Waals surface area contributed by atoms with Gasteiger partial charge in [0.2, 0.25) is 12.7 Å². The standard InChI is InChI=1S/C19H22N2O2.C15H17F2NO6.C8H5F2NO2.C7H12O4/c1-2-12-11-21-8-6-13(12)9-18(21)19(23)15-5-7-20-17-4-3-14(22)10-16(15)17;1-3-23-14(19)13(15(20)24-4-2)12(8-18(21)22)9-5-10(16)7-11(17)6-9;9-7-3-6(1-2-11(12)13)4-8(10)5-7;1-3-10-6(8)5-7(9)11-4-2/h2-5,7,10,12-13,18-19,22-23H,1,6,8-9,11H2;5-7,12-13H,3-4,8H2,1-2H3;1-5H;3-5H2,1-2H3/b;;2-1+;/t12-,13-,18+,19-;12-;;/m00../s1. The van der Waals surface area contributed by atoms with E-state index in [0.717, 1.165) is 66.3 Å². The first-order chi connectivity index (χ1) is 33.7. The lowest BCUT2D eigenvalue weighted by Gasteiger charge is -2.50. The Morgan fingerprint density at radius 2 is 1.38 bits per heavy atom. The van der Waals surface area contributed by atoms with E-state index in [1.165, 1.54) is 20.3 Å². The van der Waals surface area contributed by atoms with E-state index in [2.05, 4.69) is 32.0 Å². The molecule has 22 heteroatoms. The minimum Gasteiger partial charge on any atom is -0.508 e. The monoisotopic (exact) mass is 1000 g/mol. The molecular weight excluding hydrogens is 945 g/mol. The first kappa shape index (κ1) is 58.0. The molecule has 1 aromatic heterocycles. The number of nitro groups is 2. The number of esters is 4. The van der Waals surface area contributed by atoms with Crippen LogP contribution in [-0.2, 0) is 38.1 Å². The lowest BCUT2D eigenvalue weighted by atomic mass is 9.73. The van der Waals surface area contributed by atoms with Gasteiger partial charge in [-0.15, -0.1) is 6.58 Å². The van der Waals surface area contributed by atoms with Gasteiger partial charge in [-0.2, -0.15) is 0 Å². The molecular formula is C49H56F4N4O14. The third-order valence-corrected chi connectivity index (χ3v) is 10.9. The molecule has 0 aliphatic carbocycles. The first-order valence-corrected chi connectivity index (χ1v) is 22.4. The lowest BCUT2D eigenvalue weighted by molar-refractivity contribution is -0.484. The maximum atomic E-state index is 13.4. The molecule has 384 valence electrons. The fraction of sp³-hybridized carbons (Fsp3) is 0.408. The van der Waals surface area contributed by atoms with Gasteiger partial charge in [0.15, 0.2) is 5.92 Å². The number of halogens is 4. The number of pyridine rings is 1. The van der Waals surface area contributed by atoms with Crippen LogP contribution in [-0.4, -0.2) is 106 Å². The third-order valence-electron chi connectivity index (χ3n) is 10.9. The number of aliphatic hydroxyl groups excluding tert-OH is 1. The smallest absolute Gasteiger partial charge is 0.321 e. The van der Waals surface area contributed by atoms with Crippen molar-refractivity contribution in [1.29, 1.82) is 0 Å². The third kappa shape index (κ3) is 18.5. The van der Waals surface area contributed by atoms with Crippen LogP contribution in [0.15, 0.2) is 85.7 Å². The van der Waals surface area contributed by atoms with E-state index in [-0.39, 0.29) is 55.8 Å². The van der Waals surface area contributed by atoms with Gasteiger partial charge in [-0.3, -0.25) is 49.3 Å². The van der Waals surface area contributed by atoms with E-state index in [1.807, 2.05) is 6.07 Å². The maximum absolute atomic E-state index is 13.4. The molecule has 3 fully saturated rings. The number of nitrogens with zero attached hydrogens (tertiary/aromatic N) is 4. The predicted octanol–water partition coefficient (Wildman–Crippen LogP) is 7.65. The highest BCUT2D eigenvalue weighted by Gasteiger charge is 2.43. The molecule has 0 radical (unpaired) electrons. The van der Waals surface area contributed by atoms with Crippen molar-refractivity contribution < 1.29 is 75.7 Å². The molecule has 6 atom stereocenters. The summed E-state index contributed by atoms with van der Waals surface area (Å²) in [5.41, 5.74) is 1.59. The summed E-state index contributed by atoms with van der Waals surface area (Å²) < 4.78 is 70.5. The molecule has 2 bridgehead atoms. The van der Waals surface area contributed by atoms with Gasteiger partial charge < -0.3 is 29.2 Å². The van der Waals surface area contributed by atoms with Crippen molar-refractivity contribution in [2.75, 3.05) is 46.1 Å². The van der Waals surface area contributed by atoms with Crippen molar-refractivity contribution in [1.82, 2.24) is 9.88 Å². The molecule has 0 amide bonds. The van der Waals surface area contributed by atoms with E-state index in [4.69, 9.17) is 9.47 Å². The molecule has 18 nitrogen and oxygen atoms in total. The Morgan fingerprint density at radius 3 is 1.86 bits per heavy atom. The highest BCUT2D eigenvalue weighted by Crippen LogP contribution is 2.42. The summed E-state index contributed by atoms with van der Waals surface area (Å²) >= 11 is 0. The number of ether oxygens (including phenoxy) is 4. The average Bonchev–Trinajstić information content (AvgIpc) is 3.30. The number of hydrogen-bond donors (Lipinski definition) is 2. The number of aromatic nitrogens is 1. The fourth-order valence-electron chi connectivity index (χ4n) is 7.93. The van der Waals surface area contributed by atoms with Crippen LogP contribution < -0.4 is 0 Å². The minimum absolute atomic E-state index is 0.0720. The van der Waals surface area contributed by atoms with Crippen molar-refractivity contribution in [2.24, 2.45) is 17.8 Å². The first-order valence-electron chi connectivity index (χ1n) is 22.4. The van der Waals surface area contributed by atoms with Crippen molar-refractivity contribution in [3.05, 3.63) is 146 Å². The number of carbonyl (C=O) groups is 4. The van der Waals surface area contributed by atoms with Crippen LogP contribution in [0.1, 0.15) is 75.7 Å².